The quantitative estimate of drug-likeness (QED) is 0.816. The van der Waals surface area contributed by atoms with Gasteiger partial charge in [0.2, 0.25) is 0 Å². The van der Waals surface area contributed by atoms with E-state index in [1.807, 2.05) is 32.0 Å². The van der Waals surface area contributed by atoms with Crippen LogP contribution in [0.4, 0.5) is 4.39 Å². The number of halogens is 2. The van der Waals surface area contributed by atoms with E-state index >= 15 is 0 Å². The third-order valence-electron chi connectivity index (χ3n) is 3.21. The zero-order valence-corrected chi connectivity index (χ0v) is 13.0. The number of hydrogen-bond donors (Lipinski definition) is 1. The molecule has 0 aliphatic rings. The van der Waals surface area contributed by atoms with E-state index in [-0.39, 0.29) is 5.82 Å². The van der Waals surface area contributed by atoms with E-state index in [4.69, 9.17) is 16.3 Å². The van der Waals surface area contributed by atoms with Gasteiger partial charge < -0.3 is 10.1 Å². The summed E-state index contributed by atoms with van der Waals surface area (Å²) in [5.74, 6) is 1.10. The summed E-state index contributed by atoms with van der Waals surface area (Å²) < 4.78 is 19.3. The van der Waals surface area contributed by atoms with Crippen LogP contribution in [0, 0.1) is 5.82 Å². The van der Waals surface area contributed by atoms with Crippen LogP contribution in [0.1, 0.15) is 25.0 Å². The Kier molecular flexibility index (Phi) is 5.59. The highest BCUT2D eigenvalue weighted by Gasteiger charge is 2.08. The van der Waals surface area contributed by atoms with Crippen LogP contribution >= 0.6 is 11.6 Å². The Morgan fingerprint density at radius 1 is 1.10 bits per heavy atom. The lowest BCUT2D eigenvalue weighted by Crippen LogP contribution is -2.12. The minimum absolute atomic E-state index is 0.263. The van der Waals surface area contributed by atoms with Gasteiger partial charge in [-0.05, 0) is 54.9 Å². The molecule has 0 saturated carbocycles. The summed E-state index contributed by atoms with van der Waals surface area (Å²) in [7, 11) is 0. The molecule has 2 nitrogen and oxygen atoms in total. The van der Waals surface area contributed by atoms with Gasteiger partial charge in [-0.25, -0.2) is 4.39 Å². The summed E-state index contributed by atoms with van der Waals surface area (Å²) in [6.07, 6.45) is 0.837. The van der Waals surface area contributed by atoms with Crippen LogP contribution < -0.4 is 10.1 Å². The molecule has 2 aromatic rings. The number of aryl methyl sites for hydroxylation is 1. The zero-order valence-electron chi connectivity index (χ0n) is 12.2. The summed E-state index contributed by atoms with van der Waals surface area (Å²) in [6, 6.07) is 10.1. The van der Waals surface area contributed by atoms with Gasteiger partial charge in [-0.2, -0.15) is 0 Å². The zero-order chi connectivity index (χ0) is 15.2. The van der Waals surface area contributed by atoms with Gasteiger partial charge in [0, 0.05) is 17.1 Å². The van der Waals surface area contributed by atoms with E-state index in [1.165, 1.54) is 12.1 Å². The molecule has 2 rings (SSSR count). The van der Waals surface area contributed by atoms with Gasteiger partial charge in [-0.3, -0.25) is 0 Å². The number of rotatable bonds is 6. The molecule has 0 aliphatic carbocycles. The summed E-state index contributed by atoms with van der Waals surface area (Å²) in [6.45, 7) is 5.43. The second-order valence-electron chi connectivity index (χ2n) is 4.74. The van der Waals surface area contributed by atoms with E-state index in [2.05, 4.69) is 5.32 Å². The second kappa shape index (κ2) is 7.43. The van der Waals surface area contributed by atoms with Crippen LogP contribution in [0.2, 0.25) is 5.02 Å². The van der Waals surface area contributed by atoms with Crippen molar-refractivity contribution in [1.82, 2.24) is 5.32 Å². The predicted molar refractivity (Wildman–Crippen MR) is 84.7 cm³/mol. The molecule has 0 atom stereocenters. The van der Waals surface area contributed by atoms with E-state index in [9.17, 15) is 4.39 Å². The standard InChI is InChI=1S/C17H19ClFNO/c1-3-12-10-15(6-7-16(12)18)21-17-8-5-14(19)9-13(17)11-20-4-2/h5-10,20H,3-4,11H2,1-2H3. The highest BCUT2D eigenvalue weighted by atomic mass is 35.5. The molecule has 0 fully saturated rings. The average molecular weight is 308 g/mol. The Labute approximate surface area is 129 Å². The first kappa shape index (κ1) is 15.8. The molecule has 1 N–H and O–H groups in total. The van der Waals surface area contributed by atoms with Gasteiger partial charge in [0.1, 0.15) is 17.3 Å². The van der Waals surface area contributed by atoms with Crippen LogP contribution in [-0.2, 0) is 13.0 Å². The minimum Gasteiger partial charge on any atom is -0.457 e. The molecule has 112 valence electrons. The lowest BCUT2D eigenvalue weighted by atomic mass is 10.1. The largest absolute Gasteiger partial charge is 0.457 e. The summed E-state index contributed by atoms with van der Waals surface area (Å²) in [5.41, 5.74) is 1.83. The molecule has 0 amide bonds. The maximum atomic E-state index is 13.4. The fourth-order valence-corrected chi connectivity index (χ4v) is 2.31. The first-order valence-corrected chi connectivity index (χ1v) is 7.47. The van der Waals surface area contributed by atoms with E-state index in [1.54, 1.807) is 6.07 Å². The monoisotopic (exact) mass is 307 g/mol. The van der Waals surface area contributed by atoms with Gasteiger partial charge in [-0.15, -0.1) is 0 Å². The predicted octanol–water partition coefficient (Wildman–Crippen LogP) is 4.94. The van der Waals surface area contributed by atoms with Crippen molar-refractivity contribution in [2.24, 2.45) is 0 Å². The SMILES string of the molecule is CCNCc1cc(F)ccc1Oc1ccc(Cl)c(CC)c1. The topological polar surface area (TPSA) is 21.3 Å². The van der Waals surface area contributed by atoms with Crippen LogP contribution in [0.25, 0.3) is 0 Å². The van der Waals surface area contributed by atoms with E-state index < -0.39 is 0 Å². The normalized spacial score (nSPS) is 10.7. The Hall–Kier alpha value is -1.58. The second-order valence-corrected chi connectivity index (χ2v) is 5.15. The fourth-order valence-electron chi connectivity index (χ4n) is 2.06. The smallest absolute Gasteiger partial charge is 0.132 e. The first-order chi connectivity index (χ1) is 10.1. The number of ether oxygens (including phenoxy) is 1. The molecule has 21 heavy (non-hydrogen) atoms. The number of hydrogen-bond acceptors (Lipinski definition) is 2. The highest BCUT2D eigenvalue weighted by molar-refractivity contribution is 6.31. The molecule has 0 unspecified atom stereocenters. The number of nitrogens with one attached hydrogen (secondary N) is 1. The van der Waals surface area contributed by atoms with Crippen molar-refractivity contribution in [1.29, 1.82) is 0 Å². The molecule has 0 aromatic heterocycles. The van der Waals surface area contributed by atoms with Gasteiger partial charge in [-0.1, -0.05) is 25.4 Å². The lowest BCUT2D eigenvalue weighted by molar-refractivity contribution is 0.470. The van der Waals surface area contributed by atoms with Crippen LogP contribution in [0.15, 0.2) is 36.4 Å². The third kappa shape index (κ3) is 4.19. The fraction of sp³-hybridized carbons (Fsp3) is 0.294. The van der Waals surface area contributed by atoms with E-state index in [0.29, 0.717) is 18.0 Å². The van der Waals surface area contributed by atoms with E-state index in [0.717, 1.165) is 29.1 Å². The molecule has 0 saturated heterocycles. The average Bonchev–Trinajstić information content (AvgIpc) is 2.49. The van der Waals surface area contributed by atoms with Crippen molar-refractivity contribution in [3.63, 3.8) is 0 Å². The molecule has 0 heterocycles. The lowest BCUT2D eigenvalue weighted by Gasteiger charge is -2.13. The maximum Gasteiger partial charge on any atom is 0.132 e. The Morgan fingerprint density at radius 2 is 1.90 bits per heavy atom. The molecule has 0 aliphatic heterocycles. The summed E-state index contributed by atoms with van der Waals surface area (Å²) >= 11 is 6.10. The van der Waals surface area contributed by atoms with Gasteiger partial charge in [0.05, 0.1) is 0 Å². The van der Waals surface area contributed by atoms with Crippen molar-refractivity contribution < 1.29 is 9.13 Å². The Bertz CT molecular complexity index is 616. The molecule has 4 heteroatoms. The highest BCUT2D eigenvalue weighted by Crippen LogP contribution is 2.29. The van der Waals surface area contributed by atoms with Crippen molar-refractivity contribution >= 4 is 11.6 Å². The van der Waals surface area contributed by atoms with Gasteiger partial charge >= 0.3 is 0 Å². The third-order valence-corrected chi connectivity index (χ3v) is 3.58. The Morgan fingerprint density at radius 3 is 2.62 bits per heavy atom. The molecule has 0 radical (unpaired) electrons. The number of benzene rings is 2. The van der Waals surface area contributed by atoms with Crippen molar-refractivity contribution in [2.75, 3.05) is 6.54 Å². The molecule has 0 spiro atoms. The van der Waals surface area contributed by atoms with Crippen LogP contribution in [0.5, 0.6) is 11.5 Å². The van der Waals surface area contributed by atoms with Crippen LogP contribution in [0.3, 0.4) is 0 Å². The van der Waals surface area contributed by atoms with Crippen molar-refractivity contribution in [3.05, 3.63) is 58.4 Å². The van der Waals surface area contributed by atoms with Crippen molar-refractivity contribution in [2.45, 2.75) is 26.8 Å². The Balaban J connectivity index is 2.26. The molecule has 0 bridgehead atoms. The summed E-state index contributed by atoms with van der Waals surface area (Å²) in [5, 5.41) is 3.92. The minimum atomic E-state index is -0.263. The maximum absolute atomic E-state index is 13.4. The first-order valence-electron chi connectivity index (χ1n) is 7.09. The van der Waals surface area contributed by atoms with Gasteiger partial charge in [0.25, 0.3) is 0 Å². The van der Waals surface area contributed by atoms with Crippen molar-refractivity contribution in [3.8, 4) is 11.5 Å². The molecular formula is C17H19ClFNO. The molecular weight excluding hydrogens is 289 g/mol. The van der Waals surface area contributed by atoms with Gasteiger partial charge in [0.15, 0.2) is 0 Å². The summed E-state index contributed by atoms with van der Waals surface area (Å²) in [4.78, 5) is 0. The molecule has 2 aromatic carbocycles. The van der Waals surface area contributed by atoms with Crippen LogP contribution in [-0.4, -0.2) is 6.54 Å².